The molecule has 0 amide bonds. The first kappa shape index (κ1) is 15.5. The second-order valence-corrected chi connectivity index (χ2v) is 10.4. The van der Waals surface area contributed by atoms with E-state index in [4.69, 9.17) is 12.6 Å². The monoisotopic (exact) mass is 557 g/mol. The second-order valence-electron chi connectivity index (χ2n) is 10.4. The Kier molecular flexibility index (Phi) is 3.41. The Labute approximate surface area is 264 Å². The van der Waals surface area contributed by atoms with Crippen LogP contribution in [0.3, 0.4) is 0 Å². The molecular weight excluding hydrogens is 520 g/mol. The lowest BCUT2D eigenvalue weighted by Gasteiger charge is -2.18. The van der Waals surface area contributed by atoms with Crippen LogP contribution in [0.1, 0.15) is 15.1 Å². The normalized spacial score (nSPS) is 15.3. The average Bonchev–Trinajstić information content (AvgIpc) is 3.58. The van der Waals surface area contributed by atoms with Crippen molar-refractivity contribution in [3.8, 4) is 33.4 Å². The average molecular weight is 558 g/mol. The summed E-state index contributed by atoms with van der Waals surface area (Å²) in [5.41, 5.74) is 2.67. The molecule has 0 aliphatic heterocycles. The minimum absolute atomic E-state index is 0.00573. The molecule has 0 saturated carbocycles. The van der Waals surface area contributed by atoms with E-state index in [2.05, 4.69) is 6.07 Å². The van der Waals surface area contributed by atoms with Crippen molar-refractivity contribution in [2.45, 2.75) is 0 Å². The van der Waals surface area contributed by atoms with Crippen LogP contribution in [0.15, 0.2) is 162 Å². The van der Waals surface area contributed by atoms with Crippen LogP contribution >= 0.6 is 0 Å². The zero-order valence-corrected chi connectivity index (χ0v) is 22.6. The van der Waals surface area contributed by atoms with E-state index >= 15 is 0 Å². The molecule has 0 aliphatic carbocycles. The first-order valence-corrected chi connectivity index (χ1v) is 13.9. The van der Waals surface area contributed by atoms with Crippen molar-refractivity contribution in [1.29, 1.82) is 0 Å². The van der Waals surface area contributed by atoms with E-state index in [1.54, 1.807) is 36.4 Å². The van der Waals surface area contributed by atoms with Crippen molar-refractivity contribution in [3.63, 3.8) is 0 Å². The van der Waals surface area contributed by atoms with Gasteiger partial charge in [-0.15, -0.1) is 0 Å². The molecule has 1 aromatic heterocycles. The van der Waals surface area contributed by atoms with Crippen LogP contribution in [-0.2, 0) is 0 Å². The highest BCUT2D eigenvalue weighted by molar-refractivity contribution is 6.25. The largest absolute Gasteiger partial charge is 0.456 e. The summed E-state index contributed by atoms with van der Waals surface area (Å²) in [4.78, 5) is 0. The summed E-state index contributed by atoms with van der Waals surface area (Å²) in [5.74, 6) is 0. The van der Waals surface area contributed by atoms with Crippen LogP contribution in [0.2, 0.25) is 0 Å². The van der Waals surface area contributed by atoms with E-state index in [0.717, 1.165) is 21.9 Å². The van der Waals surface area contributed by atoms with Crippen LogP contribution in [0.5, 0.6) is 0 Å². The molecule has 43 heavy (non-hydrogen) atoms. The maximum Gasteiger partial charge on any atom is 0.136 e. The summed E-state index contributed by atoms with van der Waals surface area (Å²) in [6, 6.07) is 22.9. The van der Waals surface area contributed by atoms with E-state index in [1.165, 1.54) is 0 Å². The fourth-order valence-corrected chi connectivity index (χ4v) is 6.14. The Bertz CT molecular complexity index is 3030. The predicted molar refractivity (Wildman–Crippen MR) is 183 cm³/mol. The maximum absolute atomic E-state index is 9.33. The topological polar surface area (TPSA) is 13.1 Å². The van der Waals surface area contributed by atoms with Crippen molar-refractivity contribution >= 4 is 54.3 Å². The van der Waals surface area contributed by atoms with E-state index in [9.17, 15) is 6.85 Å². The van der Waals surface area contributed by atoms with Crippen LogP contribution in [-0.4, -0.2) is 0 Å². The molecule has 1 nitrogen and oxygen atoms in total. The Morgan fingerprint density at radius 2 is 1.02 bits per heavy atom. The smallest absolute Gasteiger partial charge is 0.136 e. The van der Waals surface area contributed by atoms with Gasteiger partial charge in [0.15, 0.2) is 0 Å². The highest BCUT2D eigenvalue weighted by atomic mass is 16.3. The Balaban J connectivity index is 1.49. The van der Waals surface area contributed by atoms with Gasteiger partial charge in [-0.2, -0.15) is 0 Å². The highest BCUT2D eigenvalue weighted by Gasteiger charge is 2.20. The molecule has 9 aromatic rings. The van der Waals surface area contributed by atoms with E-state index in [-0.39, 0.29) is 55.2 Å². The number of fused-ring (bicyclic) bond motifs is 6. The molecular formula is C42H26O. The van der Waals surface area contributed by atoms with Gasteiger partial charge in [0.05, 0.1) is 15.1 Å². The first-order valence-electron chi connectivity index (χ1n) is 19.4. The summed E-state index contributed by atoms with van der Waals surface area (Å²) in [6.45, 7) is 0. The van der Waals surface area contributed by atoms with Gasteiger partial charge in [0, 0.05) is 10.8 Å². The molecule has 200 valence electrons. The quantitative estimate of drug-likeness (QED) is 0.197. The molecule has 0 saturated heterocycles. The van der Waals surface area contributed by atoms with Crippen molar-refractivity contribution in [3.05, 3.63) is 157 Å². The Morgan fingerprint density at radius 1 is 0.419 bits per heavy atom. The number of para-hydroxylation sites is 1. The number of benzene rings is 8. The van der Waals surface area contributed by atoms with Gasteiger partial charge < -0.3 is 4.42 Å². The van der Waals surface area contributed by atoms with E-state index in [1.807, 2.05) is 48.5 Å². The van der Waals surface area contributed by atoms with Gasteiger partial charge in [0.2, 0.25) is 0 Å². The van der Waals surface area contributed by atoms with Gasteiger partial charge in [0.25, 0.3) is 0 Å². The summed E-state index contributed by atoms with van der Waals surface area (Å²) in [5, 5.41) is 2.68. The van der Waals surface area contributed by atoms with Gasteiger partial charge >= 0.3 is 0 Å². The summed E-state index contributed by atoms with van der Waals surface area (Å²) < 4.78 is 105. The van der Waals surface area contributed by atoms with Crippen LogP contribution in [0.4, 0.5) is 0 Å². The van der Waals surface area contributed by atoms with Crippen molar-refractivity contribution in [1.82, 2.24) is 0 Å². The van der Waals surface area contributed by atoms with E-state index < -0.39 is 60.4 Å². The molecule has 0 aliphatic rings. The molecule has 0 unspecified atom stereocenters. The molecule has 0 fully saturated rings. The number of hydrogen-bond donors (Lipinski definition) is 0. The molecule has 0 spiro atoms. The lowest BCUT2D eigenvalue weighted by atomic mass is 9.84. The van der Waals surface area contributed by atoms with Gasteiger partial charge in [-0.3, -0.25) is 0 Å². The third-order valence-electron chi connectivity index (χ3n) is 8.09. The van der Waals surface area contributed by atoms with Gasteiger partial charge in [-0.25, -0.2) is 0 Å². The lowest BCUT2D eigenvalue weighted by molar-refractivity contribution is 0.669. The van der Waals surface area contributed by atoms with Crippen molar-refractivity contribution in [2.24, 2.45) is 0 Å². The first-order chi connectivity index (χ1) is 25.9. The minimum atomic E-state index is -0.574. The maximum atomic E-state index is 9.33. The zero-order valence-electron chi connectivity index (χ0n) is 33.6. The predicted octanol–water partition coefficient (Wildman–Crippen LogP) is 12.0. The van der Waals surface area contributed by atoms with Gasteiger partial charge in [-0.05, 0) is 83.9 Å². The summed E-state index contributed by atoms with van der Waals surface area (Å²) >= 11 is 0. The standard InChI is InChI=1S/C42H26O/c1-2-11-30-26-31(25-22-27(30)10-1)28-20-23-29(24-21-28)40-32-12-3-5-14-34(32)41(35-15-6-4-13-33(35)40)37-17-9-19-39-42(37)36-16-7-8-18-38(36)43-39/h1-26H/i3D,4D,5D,6D,9D,12D,13D,14D,15D,17D,19D. The lowest BCUT2D eigenvalue weighted by Crippen LogP contribution is -1.91. The molecule has 0 radical (unpaired) electrons. The summed E-state index contributed by atoms with van der Waals surface area (Å²) in [6.07, 6.45) is 0. The molecule has 9 rings (SSSR count). The summed E-state index contributed by atoms with van der Waals surface area (Å²) in [7, 11) is 0. The molecule has 8 aromatic carbocycles. The molecule has 1 heterocycles. The molecule has 0 bridgehead atoms. The SMILES string of the molecule is [2H]c1c([2H])c(-c2c3c([2H])c([2H])c([2H])c([2H])c3c(-c3ccc(-c4ccc5ccccc5c4)cc3)c3c([2H])c([2H])c([2H])c([2H])c23)c2c(oc3ccccc32)c1[2H]. The van der Waals surface area contributed by atoms with Crippen molar-refractivity contribution in [2.75, 3.05) is 0 Å². The third kappa shape index (κ3) is 3.72. The Morgan fingerprint density at radius 3 is 1.77 bits per heavy atom. The molecule has 0 atom stereocenters. The fourth-order valence-electron chi connectivity index (χ4n) is 6.14. The number of hydrogen-bond acceptors (Lipinski definition) is 1. The van der Waals surface area contributed by atoms with Gasteiger partial charge in [0.1, 0.15) is 11.2 Å². The number of furan rings is 1. The van der Waals surface area contributed by atoms with Crippen LogP contribution < -0.4 is 0 Å². The fraction of sp³-hybridized carbons (Fsp3) is 0. The molecule has 0 N–H and O–H groups in total. The van der Waals surface area contributed by atoms with Crippen molar-refractivity contribution < 1.29 is 19.5 Å². The van der Waals surface area contributed by atoms with E-state index in [0.29, 0.717) is 16.5 Å². The highest BCUT2D eigenvalue weighted by Crippen LogP contribution is 2.46. The number of rotatable bonds is 3. The molecule has 1 heteroatoms. The third-order valence-corrected chi connectivity index (χ3v) is 8.09. The Hall–Kier alpha value is -5.66. The zero-order chi connectivity index (χ0) is 37.9. The van der Waals surface area contributed by atoms with Crippen LogP contribution in [0.25, 0.3) is 87.6 Å². The van der Waals surface area contributed by atoms with Crippen LogP contribution in [0, 0.1) is 0 Å². The second kappa shape index (κ2) is 9.44. The van der Waals surface area contributed by atoms with Gasteiger partial charge in [-0.1, -0.05) is 139 Å². The minimum Gasteiger partial charge on any atom is -0.456 e.